The molecule has 8 heteroatoms. The molecular formula is C18H20Cl2N4OS. The second-order valence-corrected chi connectivity index (χ2v) is 8.91. The Kier molecular flexibility index (Phi) is 5.28. The Bertz CT molecular complexity index is 781. The van der Waals surface area contributed by atoms with Crippen molar-refractivity contribution in [1.29, 1.82) is 0 Å². The second kappa shape index (κ2) is 7.50. The summed E-state index contributed by atoms with van der Waals surface area (Å²) in [6.45, 7) is 1.94. The molecule has 3 heterocycles. The molecule has 0 radical (unpaired) electrons. The lowest BCUT2D eigenvalue weighted by atomic mass is 9.77. The Morgan fingerprint density at radius 3 is 2.58 bits per heavy atom. The summed E-state index contributed by atoms with van der Waals surface area (Å²) in [4.78, 5) is 16.2. The number of nitrogens with zero attached hydrogens (tertiary/aromatic N) is 4. The van der Waals surface area contributed by atoms with Crippen LogP contribution in [0, 0.1) is 5.41 Å². The van der Waals surface area contributed by atoms with E-state index in [1.165, 1.54) is 11.8 Å². The van der Waals surface area contributed by atoms with Gasteiger partial charge in [0.05, 0.1) is 23.5 Å². The van der Waals surface area contributed by atoms with Crippen molar-refractivity contribution in [3.8, 4) is 0 Å². The summed E-state index contributed by atoms with van der Waals surface area (Å²) in [5.41, 5.74) is 0.344. The van der Waals surface area contributed by atoms with Crippen LogP contribution in [0.3, 0.4) is 0 Å². The number of piperidine rings is 1. The summed E-state index contributed by atoms with van der Waals surface area (Å²) in [5, 5.41) is 11.4. The number of hydrogen-bond donors (Lipinski definition) is 1. The molecule has 0 aromatic carbocycles. The van der Waals surface area contributed by atoms with Crippen LogP contribution < -0.4 is 4.90 Å². The molecule has 1 spiro atoms. The first-order valence-corrected chi connectivity index (χ1v) is 10.3. The summed E-state index contributed by atoms with van der Waals surface area (Å²) in [7, 11) is 0. The van der Waals surface area contributed by atoms with Crippen LogP contribution in [0.4, 0.5) is 5.82 Å². The van der Waals surface area contributed by atoms with Crippen LogP contribution in [0.25, 0.3) is 0 Å². The van der Waals surface area contributed by atoms with Gasteiger partial charge >= 0.3 is 0 Å². The predicted molar refractivity (Wildman–Crippen MR) is 104 cm³/mol. The fraction of sp³-hybridized carbons (Fsp3) is 0.500. The van der Waals surface area contributed by atoms with Crippen molar-refractivity contribution < 1.29 is 5.11 Å². The van der Waals surface area contributed by atoms with Crippen LogP contribution in [0.1, 0.15) is 32.1 Å². The van der Waals surface area contributed by atoms with E-state index >= 15 is 0 Å². The van der Waals surface area contributed by atoms with E-state index in [2.05, 4.69) is 19.9 Å². The van der Waals surface area contributed by atoms with Crippen LogP contribution in [0.15, 0.2) is 34.6 Å². The SMILES string of the molecule is O[C@@H]1CCC2(CCN(c3cnc(Sc4ccnc(Cl)c4Cl)cn3)CC2)C1. The smallest absolute Gasteiger partial charge is 0.148 e. The predicted octanol–water partition coefficient (Wildman–Crippen LogP) is 4.46. The molecule has 5 nitrogen and oxygen atoms in total. The van der Waals surface area contributed by atoms with Gasteiger partial charge in [0.15, 0.2) is 0 Å². The summed E-state index contributed by atoms with van der Waals surface area (Å²) in [6.07, 6.45) is 10.4. The lowest BCUT2D eigenvalue weighted by molar-refractivity contribution is 0.144. The number of pyridine rings is 1. The molecule has 26 heavy (non-hydrogen) atoms. The average Bonchev–Trinajstić information content (AvgIpc) is 3.01. The zero-order chi connectivity index (χ0) is 18.1. The highest BCUT2D eigenvalue weighted by Crippen LogP contribution is 2.46. The van der Waals surface area contributed by atoms with Gasteiger partial charge in [-0.2, -0.15) is 0 Å². The van der Waals surface area contributed by atoms with Gasteiger partial charge in [0.1, 0.15) is 16.0 Å². The van der Waals surface area contributed by atoms with Crippen molar-refractivity contribution >= 4 is 40.8 Å². The van der Waals surface area contributed by atoms with E-state index in [1.807, 2.05) is 12.3 Å². The van der Waals surface area contributed by atoms with Crippen molar-refractivity contribution in [1.82, 2.24) is 15.0 Å². The first-order valence-electron chi connectivity index (χ1n) is 8.78. The molecule has 138 valence electrons. The van der Waals surface area contributed by atoms with Gasteiger partial charge in [0.25, 0.3) is 0 Å². The van der Waals surface area contributed by atoms with Crippen molar-refractivity contribution in [2.45, 2.75) is 48.1 Å². The lowest BCUT2D eigenvalue weighted by Gasteiger charge is -2.39. The van der Waals surface area contributed by atoms with Crippen LogP contribution >= 0.6 is 35.0 Å². The minimum atomic E-state index is -0.105. The Labute approximate surface area is 167 Å². The largest absolute Gasteiger partial charge is 0.393 e. The quantitative estimate of drug-likeness (QED) is 0.753. The molecule has 0 bridgehead atoms. The van der Waals surface area contributed by atoms with Gasteiger partial charge in [0.2, 0.25) is 0 Å². The molecule has 1 aliphatic heterocycles. The first kappa shape index (κ1) is 18.3. The van der Waals surface area contributed by atoms with E-state index < -0.39 is 0 Å². The number of aliphatic hydroxyl groups is 1. The van der Waals surface area contributed by atoms with Crippen molar-refractivity contribution in [3.05, 3.63) is 34.8 Å². The molecule has 0 amide bonds. The molecule has 2 aliphatic rings. The molecule has 2 aromatic rings. The Balaban J connectivity index is 1.40. The minimum Gasteiger partial charge on any atom is -0.393 e. The number of hydrogen-bond acceptors (Lipinski definition) is 6. The maximum atomic E-state index is 9.86. The van der Waals surface area contributed by atoms with Crippen LogP contribution in [0.2, 0.25) is 10.2 Å². The summed E-state index contributed by atoms with van der Waals surface area (Å²) in [5.74, 6) is 0.904. The fourth-order valence-electron chi connectivity index (χ4n) is 3.96. The first-order chi connectivity index (χ1) is 12.5. The highest BCUT2D eigenvalue weighted by molar-refractivity contribution is 7.99. The highest BCUT2D eigenvalue weighted by atomic mass is 35.5. The molecule has 1 atom stereocenters. The maximum absolute atomic E-state index is 9.86. The third kappa shape index (κ3) is 3.79. The van der Waals surface area contributed by atoms with E-state index in [-0.39, 0.29) is 6.10 Å². The lowest BCUT2D eigenvalue weighted by Crippen LogP contribution is -2.39. The van der Waals surface area contributed by atoms with E-state index in [1.54, 1.807) is 12.4 Å². The molecule has 1 aliphatic carbocycles. The third-order valence-electron chi connectivity index (χ3n) is 5.46. The van der Waals surface area contributed by atoms with Gasteiger partial charge < -0.3 is 10.0 Å². The van der Waals surface area contributed by atoms with Crippen molar-refractivity contribution in [3.63, 3.8) is 0 Å². The standard InChI is InChI=1S/C18H20Cl2N4OS/c19-16-13(2-6-21-17(16)20)26-15-11-22-14(10-23-15)24-7-4-18(5-8-24)3-1-12(25)9-18/h2,6,10-12,25H,1,3-5,7-9H2/t12-/m1/s1. The molecule has 2 fully saturated rings. The minimum absolute atomic E-state index is 0.105. The molecular weight excluding hydrogens is 391 g/mol. The van der Waals surface area contributed by atoms with E-state index in [0.29, 0.717) is 15.6 Å². The number of rotatable bonds is 3. The molecule has 4 rings (SSSR count). The average molecular weight is 411 g/mol. The van der Waals surface area contributed by atoms with Crippen LogP contribution in [-0.4, -0.2) is 39.3 Å². The second-order valence-electron chi connectivity index (χ2n) is 7.11. The van der Waals surface area contributed by atoms with Gasteiger partial charge in [-0.05, 0) is 43.6 Å². The van der Waals surface area contributed by atoms with Crippen molar-refractivity contribution in [2.75, 3.05) is 18.0 Å². The van der Waals surface area contributed by atoms with Gasteiger partial charge in [-0.3, -0.25) is 0 Å². The third-order valence-corrected chi connectivity index (χ3v) is 7.32. The van der Waals surface area contributed by atoms with Crippen LogP contribution in [-0.2, 0) is 0 Å². The van der Waals surface area contributed by atoms with Gasteiger partial charge in [-0.15, -0.1) is 0 Å². The van der Waals surface area contributed by atoms with Gasteiger partial charge in [-0.1, -0.05) is 35.0 Å². The number of aliphatic hydroxyl groups excluding tert-OH is 1. The Morgan fingerprint density at radius 2 is 1.92 bits per heavy atom. The summed E-state index contributed by atoms with van der Waals surface area (Å²) < 4.78 is 0. The molecule has 2 aromatic heterocycles. The fourth-order valence-corrected chi connectivity index (χ4v) is 5.15. The molecule has 1 N–H and O–H groups in total. The zero-order valence-electron chi connectivity index (χ0n) is 14.2. The zero-order valence-corrected chi connectivity index (χ0v) is 16.6. The van der Waals surface area contributed by atoms with E-state index in [9.17, 15) is 5.11 Å². The summed E-state index contributed by atoms with van der Waals surface area (Å²) in [6, 6.07) is 1.81. The van der Waals surface area contributed by atoms with Crippen molar-refractivity contribution in [2.24, 2.45) is 5.41 Å². The van der Waals surface area contributed by atoms with Crippen LogP contribution in [0.5, 0.6) is 0 Å². The van der Waals surface area contributed by atoms with Gasteiger partial charge in [0, 0.05) is 24.2 Å². The molecule has 1 saturated carbocycles. The van der Waals surface area contributed by atoms with Gasteiger partial charge in [-0.25, -0.2) is 15.0 Å². The van der Waals surface area contributed by atoms with E-state index in [0.717, 1.165) is 60.9 Å². The summed E-state index contributed by atoms with van der Waals surface area (Å²) >= 11 is 13.6. The Morgan fingerprint density at radius 1 is 1.12 bits per heavy atom. The number of anilines is 1. The maximum Gasteiger partial charge on any atom is 0.148 e. The Hall–Kier alpha value is -1.08. The highest BCUT2D eigenvalue weighted by Gasteiger charge is 2.40. The normalized spacial score (nSPS) is 22.1. The van der Waals surface area contributed by atoms with E-state index in [4.69, 9.17) is 23.2 Å². The molecule has 0 unspecified atom stereocenters. The molecule has 1 saturated heterocycles. The topological polar surface area (TPSA) is 62.1 Å². The number of halogens is 2. The number of aromatic nitrogens is 3. The monoisotopic (exact) mass is 410 g/mol.